The Kier molecular flexibility index (Phi) is 5.40. The van der Waals surface area contributed by atoms with Crippen LogP contribution in [0.2, 0.25) is 5.02 Å². The lowest BCUT2D eigenvalue weighted by Crippen LogP contribution is -2.55. The van der Waals surface area contributed by atoms with E-state index in [9.17, 15) is 14.7 Å². The summed E-state index contributed by atoms with van der Waals surface area (Å²) in [5, 5.41) is 12.2. The van der Waals surface area contributed by atoms with E-state index >= 15 is 0 Å². The number of hydrogen-bond donors (Lipinski definition) is 2. The summed E-state index contributed by atoms with van der Waals surface area (Å²) in [7, 11) is 0. The van der Waals surface area contributed by atoms with E-state index in [4.69, 9.17) is 16.3 Å². The normalized spacial score (nSPS) is 21.0. The fourth-order valence-electron chi connectivity index (χ4n) is 1.92. The van der Waals surface area contributed by atoms with E-state index in [-0.39, 0.29) is 6.61 Å². The summed E-state index contributed by atoms with van der Waals surface area (Å²) in [6.45, 7) is -0.277. The van der Waals surface area contributed by atoms with Crippen LogP contribution in [0.15, 0.2) is 22.7 Å². The second-order valence-electron chi connectivity index (χ2n) is 4.60. The Balaban J connectivity index is 1.94. The quantitative estimate of drug-likeness (QED) is 0.803. The number of hydrogen-bond acceptors (Lipinski definition) is 4. The lowest BCUT2D eigenvalue weighted by Gasteiger charge is -2.24. The minimum Gasteiger partial charge on any atom is -0.482 e. The van der Waals surface area contributed by atoms with E-state index in [1.807, 2.05) is 0 Å². The van der Waals surface area contributed by atoms with Gasteiger partial charge in [-0.1, -0.05) is 27.5 Å². The number of benzene rings is 1. The zero-order valence-electron chi connectivity index (χ0n) is 10.9. The van der Waals surface area contributed by atoms with Gasteiger partial charge in [-0.05, 0) is 30.4 Å². The third-order valence-corrected chi connectivity index (χ3v) is 5.04. The Hall–Kier alpha value is -0.920. The van der Waals surface area contributed by atoms with Crippen LogP contribution < -0.4 is 10.1 Å². The van der Waals surface area contributed by atoms with Gasteiger partial charge in [0.05, 0.1) is 5.02 Å². The van der Waals surface area contributed by atoms with Gasteiger partial charge in [0.25, 0.3) is 5.91 Å². The Morgan fingerprint density at radius 2 is 2.29 bits per heavy atom. The van der Waals surface area contributed by atoms with E-state index in [1.165, 1.54) is 11.8 Å². The molecule has 5 nitrogen and oxygen atoms in total. The number of amides is 1. The molecule has 114 valence electrons. The smallest absolute Gasteiger partial charge is 0.330 e. The number of thioether (sulfide) groups is 1. The maximum absolute atomic E-state index is 11.9. The van der Waals surface area contributed by atoms with Crippen LogP contribution in [0.25, 0.3) is 0 Å². The number of carbonyl (C=O) groups is 2. The van der Waals surface area contributed by atoms with Crippen LogP contribution in [-0.4, -0.2) is 40.6 Å². The van der Waals surface area contributed by atoms with Gasteiger partial charge in [0.2, 0.25) is 0 Å². The summed E-state index contributed by atoms with van der Waals surface area (Å²) in [6, 6.07) is 5.03. The van der Waals surface area contributed by atoms with E-state index in [0.29, 0.717) is 28.7 Å². The van der Waals surface area contributed by atoms with Crippen molar-refractivity contribution in [3.05, 3.63) is 27.7 Å². The van der Waals surface area contributed by atoms with Crippen molar-refractivity contribution in [2.75, 3.05) is 18.1 Å². The maximum Gasteiger partial charge on any atom is 0.330 e. The highest BCUT2D eigenvalue weighted by Gasteiger charge is 2.43. The van der Waals surface area contributed by atoms with Crippen molar-refractivity contribution in [2.45, 2.75) is 12.0 Å². The summed E-state index contributed by atoms with van der Waals surface area (Å²) in [4.78, 5) is 23.2. The van der Waals surface area contributed by atoms with E-state index in [1.54, 1.807) is 18.2 Å². The van der Waals surface area contributed by atoms with E-state index < -0.39 is 17.4 Å². The molecule has 0 bridgehead atoms. The highest BCUT2D eigenvalue weighted by Crippen LogP contribution is 2.29. The van der Waals surface area contributed by atoms with Crippen molar-refractivity contribution in [1.82, 2.24) is 5.32 Å². The molecule has 1 aromatic rings. The molecule has 0 aromatic heterocycles. The van der Waals surface area contributed by atoms with Crippen LogP contribution >= 0.6 is 39.3 Å². The van der Waals surface area contributed by atoms with Crippen molar-refractivity contribution in [3.8, 4) is 5.75 Å². The minimum atomic E-state index is -1.19. The molecule has 1 aromatic carbocycles. The molecule has 1 aliphatic heterocycles. The number of halogens is 2. The Labute approximate surface area is 139 Å². The third-order valence-electron chi connectivity index (χ3n) is 3.06. The van der Waals surface area contributed by atoms with Crippen LogP contribution in [0.5, 0.6) is 5.75 Å². The molecule has 2 N–H and O–H groups in total. The molecular weight excluding hydrogens is 382 g/mol. The van der Waals surface area contributed by atoms with Gasteiger partial charge in [0.1, 0.15) is 11.3 Å². The largest absolute Gasteiger partial charge is 0.482 e. The molecule has 1 amide bonds. The number of aliphatic carboxylic acids is 1. The SMILES string of the molecule is O=C(COc1ccc(Br)cc1Cl)NC1(C(=O)O)CCSC1. The van der Waals surface area contributed by atoms with Crippen molar-refractivity contribution < 1.29 is 19.4 Å². The first kappa shape index (κ1) is 16.5. The van der Waals surface area contributed by atoms with Crippen LogP contribution in [0.1, 0.15) is 6.42 Å². The van der Waals surface area contributed by atoms with Crippen LogP contribution in [-0.2, 0) is 9.59 Å². The molecule has 2 rings (SSSR count). The molecule has 0 radical (unpaired) electrons. The Bertz CT molecular complexity index is 563. The molecule has 1 fully saturated rings. The molecule has 21 heavy (non-hydrogen) atoms. The van der Waals surface area contributed by atoms with Crippen LogP contribution in [0, 0.1) is 0 Å². The molecule has 0 aliphatic carbocycles. The fourth-order valence-corrected chi connectivity index (χ4v) is 3.98. The molecular formula is C13H13BrClNO4S. The maximum atomic E-state index is 11.9. The summed E-state index contributed by atoms with van der Waals surface area (Å²) in [5.41, 5.74) is -1.19. The van der Waals surface area contributed by atoms with Crippen LogP contribution in [0.3, 0.4) is 0 Å². The summed E-state index contributed by atoms with van der Waals surface area (Å²) >= 11 is 10.8. The van der Waals surface area contributed by atoms with Crippen molar-refractivity contribution in [1.29, 1.82) is 0 Å². The zero-order valence-corrected chi connectivity index (χ0v) is 14.1. The molecule has 0 saturated carbocycles. The zero-order chi connectivity index (χ0) is 15.5. The average Bonchev–Trinajstić information content (AvgIpc) is 2.87. The van der Waals surface area contributed by atoms with Crippen molar-refractivity contribution in [2.24, 2.45) is 0 Å². The van der Waals surface area contributed by atoms with Gasteiger partial charge in [0.15, 0.2) is 6.61 Å². The molecule has 1 heterocycles. The molecule has 1 atom stereocenters. The summed E-state index contributed by atoms with van der Waals surface area (Å²) in [5.74, 6) is -0.0272. The molecule has 1 aliphatic rings. The number of carbonyl (C=O) groups excluding carboxylic acids is 1. The molecule has 8 heteroatoms. The van der Waals surface area contributed by atoms with Crippen molar-refractivity contribution in [3.63, 3.8) is 0 Å². The molecule has 1 saturated heterocycles. The Morgan fingerprint density at radius 1 is 1.52 bits per heavy atom. The number of ether oxygens (including phenoxy) is 1. The van der Waals surface area contributed by atoms with Crippen LogP contribution in [0.4, 0.5) is 0 Å². The van der Waals surface area contributed by atoms with E-state index in [2.05, 4.69) is 21.2 Å². The van der Waals surface area contributed by atoms with Gasteiger partial charge in [0, 0.05) is 10.2 Å². The predicted molar refractivity (Wildman–Crippen MR) is 85.1 cm³/mol. The molecule has 0 spiro atoms. The first-order valence-electron chi connectivity index (χ1n) is 6.13. The number of carboxylic acids is 1. The summed E-state index contributed by atoms with van der Waals surface area (Å²) < 4.78 is 6.13. The van der Waals surface area contributed by atoms with Gasteiger partial charge in [-0.15, -0.1) is 0 Å². The lowest BCUT2D eigenvalue weighted by molar-refractivity contribution is -0.146. The lowest BCUT2D eigenvalue weighted by atomic mass is 9.99. The summed E-state index contributed by atoms with van der Waals surface area (Å²) in [6.07, 6.45) is 0.414. The monoisotopic (exact) mass is 393 g/mol. The standard InChI is InChI=1S/C13H13BrClNO4S/c14-8-1-2-10(9(15)5-8)20-6-11(17)16-13(12(18)19)3-4-21-7-13/h1-2,5H,3-4,6-7H2,(H,16,17)(H,18,19). The minimum absolute atomic E-state index is 0.277. The predicted octanol–water partition coefficient (Wildman–Crippen LogP) is 2.56. The second-order valence-corrected chi connectivity index (χ2v) is 7.03. The van der Waals surface area contributed by atoms with Crippen molar-refractivity contribution >= 4 is 51.2 Å². The number of rotatable bonds is 5. The van der Waals surface area contributed by atoms with Gasteiger partial charge in [-0.3, -0.25) is 4.79 Å². The second kappa shape index (κ2) is 6.89. The van der Waals surface area contributed by atoms with Gasteiger partial charge in [-0.25, -0.2) is 4.79 Å². The highest BCUT2D eigenvalue weighted by molar-refractivity contribution is 9.10. The van der Waals surface area contributed by atoms with Gasteiger partial charge < -0.3 is 15.2 Å². The Morgan fingerprint density at radius 3 is 2.86 bits per heavy atom. The average molecular weight is 395 g/mol. The van der Waals surface area contributed by atoms with Gasteiger partial charge >= 0.3 is 5.97 Å². The topological polar surface area (TPSA) is 75.6 Å². The first-order chi connectivity index (χ1) is 9.93. The number of nitrogens with one attached hydrogen (secondary N) is 1. The molecule has 1 unspecified atom stereocenters. The van der Waals surface area contributed by atoms with E-state index in [0.717, 1.165) is 4.47 Å². The number of carboxylic acid groups (broad SMARTS) is 1. The third kappa shape index (κ3) is 4.05. The highest BCUT2D eigenvalue weighted by atomic mass is 79.9. The first-order valence-corrected chi connectivity index (χ1v) is 8.45. The van der Waals surface area contributed by atoms with Gasteiger partial charge in [-0.2, -0.15) is 11.8 Å². The fraction of sp³-hybridized carbons (Fsp3) is 0.385.